The molecule has 4 nitrogen and oxygen atoms in total. The Hall–Kier alpha value is -1.88. The topological polar surface area (TPSA) is 22.1 Å². The predicted octanol–water partition coefficient (Wildman–Crippen LogP) is 4.49. The number of hydrogen-bond donors (Lipinski definition) is 0. The van der Waals surface area contributed by atoms with Gasteiger partial charge >= 0.3 is 0 Å². The van der Waals surface area contributed by atoms with Crippen LogP contribution in [-0.4, -0.2) is 50.0 Å². The van der Waals surface area contributed by atoms with E-state index in [4.69, 9.17) is 16.6 Å². The highest BCUT2D eigenvalue weighted by Gasteiger charge is 2.46. The second-order valence-electron chi connectivity index (χ2n) is 8.32. The fourth-order valence-electron chi connectivity index (χ4n) is 4.54. The van der Waals surface area contributed by atoms with E-state index in [1.54, 1.807) is 0 Å². The summed E-state index contributed by atoms with van der Waals surface area (Å²) in [6.07, 6.45) is 3.34. The molecule has 148 valence electrons. The number of aliphatic imine (C=N–C) groups is 1. The van der Waals surface area contributed by atoms with E-state index < -0.39 is 0 Å². The molecule has 2 aromatic carbocycles. The Morgan fingerprint density at radius 1 is 1.07 bits per heavy atom. The average Bonchev–Trinajstić information content (AvgIpc) is 2.68. The number of rotatable bonds is 3. The lowest BCUT2D eigenvalue weighted by Crippen LogP contribution is -2.57. The van der Waals surface area contributed by atoms with Gasteiger partial charge in [-0.25, -0.2) is 5.01 Å². The molecule has 2 aliphatic rings. The van der Waals surface area contributed by atoms with Crippen molar-refractivity contribution < 1.29 is 0 Å². The minimum Gasteiger partial charge on any atom is -0.306 e. The maximum Gasteiger partial charge on any atom is 0.125 e. The highest BCUT2D eigenvalue weighted by molar-refractivity contribution is 6.30. The van der Waals surface area contributed by atoms with Crippen molar-refractivity contribution in [3.63, 3.8) is 0 Å². The third kappa shape index (κ3) is 3.69. The molecule has 28 heavy (non-hydrogen) atoms. The molecular formula is C23H29ClN4. The van der Waals surface area contributed by atoms with E-state index in [9.17, 15) is 0 Å². The summed E-state index contributed by atoms with van der Waals surface area (Å²) in [4.78, 5) is 7.65. The van der Waals surface area contributed by atoms with E-state index in [2.05, 4.69) is 66.4 Å². The molecule has 4 rings (SSSR count). The third-order valence-electron chi connectivity index (χ3n) is 6.07. The van der Waals surface area contributed by atoms with E-state index in [1.165, 1.54) is 17.1 Å². The summed E-state index contributed by atoms with van der Waals surface area (Å²) in [5.41, 5.74) is 3.91. The molecule has 0 atom stereocenters. The van der Waals surface area contributed by atoms with Crippen molar-refractivity contribution in [3.8, 4) is 0 Å². The minimum absolute atomic E-state index is 0.0870. The molecule has 2 aromatic rings. The first kappa shape index (κ1) is 19.4. The zero-order chi connectivity index (χ0) is 19.7. The number of halogens is 1. The van der Waals surface area contributed by atoms with Gasteiger partial charge in [0.25, 0.3) is 0 Å². The first-order valence-electron chi connectivity index (χ1n) is 10.0. The van der Waals surface area contributed by atoms with Gasteiger partial charge in [-0.05, 0) is 68.7 Å². The van der Waals surface area contributed by atoms with Gasteiger partial charge < -0.3 is 4.90 Å². The molecule has 0 bridgehead atoms. The van der Waals surface area contributed by atoms with Crippen molar-refractivity contribution in [3.05, 3.63) is 64.7 Å². The summed E-state index contributed by atoms with van der Waals surface area (Å²) in [7, 11) is 6.44. The lowest BCUT2D eigenvalue weighted by molar-refractivity contribution is 0.171. The summed E-state index contributed by atoms with van der Waals surface area (Å²) < 4.78 is 0. The zero-order valence-electron chi connectivity index (χ0n) is 17.0. The Morgan fingerprint density at radius 3 is 2.54 bits per heavy atom. The quantitative estimate of drug-likeness (QED) is 0.763. The number of likely N-dealkylation sites (tertiary alicyclic amines) is 1. The van der Waals surface area contributed by atoms with Gasteiger partial charge in [0.05, 0.1) is 12.2 Å². The smallest absolute Gasteiger partial charge is 0.125 e. The Balaban J connectivity index is 1.78. The van der Waals surface area contributed by atoms with Crippen LogP contribution < -0.4 is 5.01 Å². The second-order valence-corrected chi connectivity index (χ2v) is 8.75. The molecule has 2 aliphatic heterocycles. The first-order chi connectivity index (χ1) is 13.5. The summed E-state index contributed by atoms with van der Waals surface area (Å²) in [6.45, 7) is 2.87. The SMILES string of the molecule is CN1CCC2(CC1)Cc1ccccc1N(N(C)C)C2=NCc1cccc(Cl)c1. The van der Waals surface area contributed by atoms with Crippen LogP contribution in [0.4, 0.5) is 5.69 Å². The van der Waals surface area contributed by atoms with Crippen LogP contribution in [0.5, 0.6) is 0 Å². The molecule has 0 saturated carbocycles. The standard InChI is InChI=1S/C23H29ClN4/c1-26(2)28-21-10-5-4-8-19(21)16-23(11-13-27(3)14-12-23)22(28)25-17-18-7-6-9-20(24)15-18/h4-10,15H,11-14,16-17H2,1-3H3. The molecule has 0 N–H and O–H groups in total. The number of para-hydroxylation sites is 1. The number of nitrogens with zero attached hydrogens (tertiary/aromatic N) is 4. The highest BCUT2D eigenvalue weighted by atomic mass is 35.5. The van der Waals surface area contributed by atoms with Crippen molar-refractivity contribution in [2.75, 3.05) is 39.2 Å². The number of amidine groups is 1. The van der Waals surface area contributed by atoms with Gasteiger partial charge in [0.2, 0.25) is 0 Å². The van der Waals surface area contributed by atoms with Crippen molar-refractivity contribution in [2.24, 2.45) is 10.4 Å². The predicted molar refractivity (Wildman–Crippen MR) is 118 cm³/mol. The number of fused-ring (bicyclic) bond motifs is 1. The number of benzene rings is 2. The molecule has 5 heteroatoms. The molecule has 1 fully saturated rings. The third-order valence-corrected chi connectivity index (χ3v) is 6.30. The average molecular weight is 397 g/mol. The number of anilines is 1. The summed E-state index contributed by atoms with van der Waals surface area (Å²) in [6, 6.07) is 16.8. The lowest BCUT2D eigenvalue weighted by atomic mass is 9.70. The van der Waals surface area contributed by atoms with Crippen LogP contribution in [0.2, 0.25) is 5.02 Å². The normalized spacial score (nSPS) is 20.8. The van der Waals surface area contributed by atoms with E-state index in [0.29, 0.717) is 6.54 Å². The molecule has 2 heterocycles. The zero-order valence-corrected chi connectivity index (χ0v) is 17.8. The van der Waals surface area contributed by atoms with Gasteiger partial charge in [-0.2, -0.15) is 0 Å². The van der Waals surface area contributed by atoms with Crippen LogP contribution in [0.3, 0.4) is 0 Å². The Labute approximate surface area is 173 Å². The molecule has 1 saturated heterocycles. The minimum atomic E-state index is 0.0870. The Bertz CT molecular complexity index is 868. The van der Waals surface area contributed by atoms with Crippen molar-refractivity contribution in [2.45, 2.75) is 25.8 Å². The fraction of sp³-hybridized carbons (Fsp3) is 0.435. The van der Waals surface area contributed by atoms with Crippen LogP contribution in [-0.2, 0) is 13.0 Å². The van der Waals surface area contributed by atoms with Crippen LogP contribution in [0.25, 0.3) is 0 Å². The molecule has 1 spiro atoms. The maximum absolute atomic E-state index is 6.20. The van der Waals surface area contributed by atoms with Gasteiger partial charge in [-0.3, -0.25) is 10.0 Å². The van der Waals surface area contributed by atoms with Crippen LogP contribution in [0.1, 0.15) is 24.0 Å². The number of piperidine rings is 1. The molecule has 0 unspecified atom stereocenters. The molecule has 0 radical (unpaired) electrons. The van der Waals surface area contributed by atoms with Gasteiger partial charge in [0.1, 0.15) is 5.84 Å². The largest absolute Gasteiger partial charge is 0.306 e. The van der Waals surface area contributed by atoms with E-state index in [0.717, 1.165) is 42.9 Å². The van der Waals surface area contributed by atoms with Crippen molar-refractivity contribution in [1.29, 1.82) is 0 Å². The van der Waals surface area contributed by atoms with E-state index in [-0.39, 0.29) is 5.41 Å². The summed E-state index contributed by atoms with van der Waals surface area (Å²) in [5, 5.41) is 5.27. The van der Waals surface area contributed by atoms with Crippen molar-refractivity contribution >= 4 is 23.1 Å². The number of hydrogen-bond acceptors (Lipinski definition) is 3. The van der Waals surface area contributed by atoms with Gasteiger partial charge in [0, 0.05) is 24.5 Å². The number of hydrazine groups is 1. The second kappa shape index (κ2) is 7.86. The maximum atomic E-state index is 6.20. The van der Waals surface area contributed by atoms with Crippen LogP contribution in [0, 0.1) is 5.41 Å². The molecule has 0 amide bonds. The Kier molecular flexibility index (Phi) is 5.46. The Morgan fingerprint density at radius 2 is 1.82 bits per heavy atom. The van der Waals surface area contributed by atoms with E-state index in [1.807, 2.05) is 18.2 Å². The fourth-order valence-corrected chi connectivity index (χ4v) is 4.75. The summed E-state index contributed by atoms with van der Waals surface area (Å²) in [5.74, 6) is 1.20. The van der Waals surface area contributed by atoms with Crippen LogP contribution in [0.15, 0.2) is 53.5 Å². The molecule has 0 aromatic heterocycles. The van der Waals surface area contributed by atoms with Gasteiger partial charge in [-0.15, -0.1) is 0 Å². The molecular weight excluding hydrogens is 368 g/mol. The first-order valence-corrected chi connectivity index (χ1v) is 10.4. The van der Waals surface area contributed by atoms with Gasteiger partial charge in [0.15, 0.2) is 0 Å². The van der Waals surface area contributed by atoms with Crippen molar-refractivity contribution in [1.82, 2.24) is 9.91 Å². The van der Waals surface area contributed by atoms with Crippen LogP contribution >= 0.6 is 11.6 Å². The highest BCUT2D eigenvalue weighted by Crippen LogP contribution is 2.45. The summed E-state index contributed by atoms with van der Waals surface area (Å²) >= 11 is 6.20. The van der Waals surface area contributed by atoms with Gasteiger partial charge in [-0.1, -0.05) is 41.9 Å². The monoisotopic (exact) mass is 396 g/mol. The lowest BCUT2D eigenvalue weighted by Gasteiger charge is -2.50. The molecule has 0 aliphatic carbocycles. The van der Waals surface area contributed by atoms with E-state index >= 15 is 0 Å².